The van der Waals surface area contributed by atoms with E-state index in [9.17, 15) is 9.59 Å². The molecule has 5 nitrogen and oxygen atoms in total. The average molecular weight is 356 g/mol. The van der Waals surface area contributed by atoms with Crippen molar-refractivity contribution in [1.29, 1.82) is 0 Å². The maximum Gasteiger partial charge on any atom is 0.261 e. The first kappa shape index (κ1) is 17.8. The predicted molar refractivity (Wildman–Crippen MR) is 93.1 cm³/mol. The van der Waals surface area contributed by atoms with Crippen molar-refractivity contribution < 1.29 is 4.79 Å². The zero-order chi connectivity index (χ0) is 17.3. The maximum absolute atomic E-state index is 12.6. The molecule has 0 aliphatic rings. The number of hydrogen-bond donors (Lipinski definition) is 0. The number of fused-ring (bicyclic) bond motifs is 1. The van der Waals surface area contributed by atoms with Crippen LogP contribution >= 0.6 is 23.2 Å². The minimum Gasteiger partial charge on any atom is -0.336 e. The summed E-state index contributed by atoms with van der Waals surface area (Å²) in [4.78, 5) is 31.0. The lowest BCUT2D eigenvalue weighted by Crippen LogP contribution is -2.44. The second-order valence-electron chi connectivity index (χ2n) is 5.95. The number of hydrogen-bond acceptors (Lipinski definition) is 3. The highest BCUT2D eigenvalue weighted by Crippen LogP contribution is 2.24. The minimum atomic E-state index is -0.333. The van der Waals surface area contributed by atoms with Crippen LogP contribution in [0.4, 0.5) is 0 Å². The molecule has 0 saturated carbocycles. The third-order valence-corrected chi connectivity index (χ3v) is 4.06. The Labute approximate surface area is 144 Å². The normalized spacial score (nSPS) is 11.5. The van der Waals surface area contributed by atoms with Crippen molar-refractivity contribution in [3.8, 4) is 0 Å². The Morgan fingerprint density at radius 1 is 1.22 bits per heavy atom. The third-order valence-electron chi connectivity index (χ3n) is 3.55. The van der Waals surface area contributed by atoms with Crippen LogP contribution in [0.25, 0.3) is 10.9 Å². The van der Waals surface area contributed by atoms with Gasteiger partial charge in [0.1, 0.15) is 6.54 Å². The van der Waals surface area contributed by atoms with Crippen LogP contribution in [0, 0.1) is 0 Å². The van der Waals surface area contributed by atoms with E-state index in [4.69, 9.17) is 23.2 Å². The summed E-state index contributed by atoms with van der Waals surface area (Å²) in [6, 6.07) is 3.15. The average Bonchev–Trinajstić information content (AvgIpc) is 2.41. The number of amides is 1. The van der Waals surface area contributed by atoms with Crippen molar-refractivity contribution in [3.05, 3.63) is 38.9 Å². The molecule has 1 heterocycles. The van der Waals surface area contributed by atoms with Crippen LogP contribution in [0.3, 0.4) is 0 Å². The third kappa shape index (κ3) is 3.67. The predicted octanol–water partition coefficient (Wildman–Crippen LogP) is 3.35. The smallest absolute Gasteiger partial charge is 0.261 e. The lowest BCUT2D eigenvalue weighted by molar-refractivity contribution is -0.135. The fourth-order valence-electron chi connectivity index (χ4n) is 2.71. The van der Waals surface area contributed by atoms with E-state index in [1.807, 2.05) is 27.7 Å². The van der Waals surface area contributed by atoms with Gasteiger partial charge in [-0.05, 0) is 39.8 Å². The summed E-state index contributed by atoms with van der Waals surface area (Å²) in [5.41, 5.74) is 0.0505. The summed E-state index contributed by atoms with van der Waals surface area (Å²) in [5.74, 6) is -0.133. The van der Waals surface area contributed by atoms with Crippen LogP contribution in [0.1, 0.15) is 27.7 Å². The monoisotopic (exact) mass is 355 g/mol. The van der Waals surface area contributed by atoms with E-state index in [0.29, 0.717) is 20.9 Å². The number of aromatic nitrogens is 2. The molecular formula is C16H19Cl2N3O2. The van der Waals surface area contributed by atoms with Crippen LogP contribution in [-0.4, -0.2) is 32.4 Å². The Kier molecular flexibility index (Phi) is 5.32. The first-order chi connectivity index (χ1) is 10.7. The Morgan fingerprint density at radius 2 is 1.83 bits per heavy atom. The van der Waals surface area contributed by atoms with Gasteiger partial charge in [0.05, 0.1) is 22.3 Å². The van der Waals surface area contributed by atoms with Gasteiger partial charge in [0.25, 0.3) is 5.56 Å². The fourth-order valence-corrected chi connectivity index (χ4v) is 3.25. The molecule has 0 bridgehead atoms. The molecule has 0 spiro atoms. The lowest BCUT2D eigenvalue weighted by Gasteiger charge is -2.31. The number of rotatable bonds is 4. The molecule has 2 aromatic rings. The summed E-state index contributed by atoms with van der Waals surface area (Å²) in [6.45, 7) is 7.71. The van der Waals surface area contributed by atoms with Gasteiger partial charge >= 0.3 is 0 Å². The molecule has 1 aromatic carbocycles. The quantitative estimate of drug-likeness (QED) is 0.844. The second-order valence-corrected chi connectivity index (χ2v) is 6.79. The Balaban J connectivity index is 2.44. The molecule has 0 radical (unpaired) electrons. The summed E-state index contributed by atoms with van der Waals surface area (Å²) < 4.78 is 1.29. The van der Waals surface area contributed by atoms with E-state index in [0.717, 1.165) is 0 Å². The van der Waals surface area contributed by atoms with Crippen LogP contribution in [0.5, 0.6) is 0 Å². The first-order valence-corrected chi connectivity index (χ1v) is 8.13. The molecule has 0 fully saturated rings. The molecule has 1 amide bonds. The molecule has 124 valence electrons. The summed E-state index contributed by atoms with van der Waals surface area (Å²) in [7, 11) is 0. The van der Waals surface area contributed by atoms with Gasteiger partial charge in [0.15, 0.2) is 0 Å². The SMILES string of the molecule is CC(C)N(C(=O)Cn1cnc2c(Cl)cc(Cl)cc2c1=O)C(C)C. The van der Waals surface area contributed by atoms with E-state index in [1.54, 1.807) is 4.90 Å². The van der Waals surface area contributed by atoms with Crippen molar-refractivity contribution in [2.75, 3.05) is 0 Å². The van der Waals surface area contributed by atoms with Gasteiger partial charge in [0.2, 0.25) is 5.91 Å². The number of halogens is 2. The van der Waals surface area contributed by atoms with E-state index >= 15 is 0 Å². The number of carbonyl (C=O) groups excluding carboxylic acids is 1. The van der Waals surface area contributed by atoms with Crippen molar-refractivity contribution in [3.63, 3.8) is 0 Å². The largest absolute Gasteiger partial charge is 0.336 e. The number of nitrogens with zero attached hydrogens (tertiary/aromatic N) is 3. The van der Waals surface area contributed by atoms with Gasteiger partial charge in [0, 0.05) is 17.1 Å². The Hall–Kier alpha value is -1.59. The van der Waals surface area contributed by atoms with Crippen molar-refractivity contribution >= 4 is 40.0 Å². The molecule has 0 aliphatic carbocycles. The molecule has 2 rings (SSSR count). The topological polar surface area (TPSA) is 55.2 Å². The molecule has 23 heavy (non-hydrogen) atoms. The zero-order valence-corrected chi connectivity index (χ0v) is 15.0. The summed E-state index contributed by atoms with van der Waals surface area (Å²) >= 11 is 12.0. The van der Waals surface area contributed by atoms with Gasteiger partial charge in [-0.15, -0.1) is 0 Å². The van der Waals surface area contributed by atoms with E-state index in [2.05, 4.69) is 4.98 Å². The lowest BCUT2D eigenvalue weighted by atomic mass is 10.2. The number of carbonyl (C=O) groups is 1. The van der Waals surface area contributed by atoms with Gasteiger partial charge in [-0.3, -0.25) is 14.2 Å². The maximum atomic E-state index is 12.6. The molecular weight excluding hydrogens is 337 g/mol. The van der Waals surface area contributed by atoms with Crippen LogP contribution in [-0.2, 0) is 11.3 Å². The highest BCUT2D eigenvalue weighted by Gasteiger charge is 2.21. The zero-order valence-electron chi connectivity index (χ0n) is 13.5. The Bertz CT molecular complexity index is 792. The van der Waals surface area contributed by atoms with Crippen molar-refractivity contribution in [2.24, 2.45) is 0 Å². The van der Waals surface area contributed by atoms with Crippen molar-refractivity contribution in [2.45, 2.75) is 46.3 Å². The van der Waals surface area contributed by atoms with E-state index < -0.39 is 0 Å². The van der Waals surface area contributed by atoms with Crippen LogP contribution < -0.4 is 5.56 Å². The summed E-state index contributed by atoms with van der Waals surface area (Å²) in [6.07, 6.45) is 1.35. The van der Waals surface area contributed by atoms with Gasteiger partial charge in [-0.2, -0.15) is 0 Å². The minimum absolute atomic E-state index is 0.0514. The second kappa shape index (κ2) is 6.89. The molecule has 0 unspecified atom stereocenters. The van der Waals surface area contributed by atoms with Crippen molar-refractivity contribution in [1.82, 2.24) is 14.5 Å². The van der Waals surface area contributed by atoms with E-state index in [1.165, 1.54) is 23.0 Å². The highest BCUT2D eigenvalue weighted by molar-refractivity contribution is 6.38. The fraction of sp³-hybridized carbons (Fsp3) is 0.438. The van der Waals surface area contributed by atoms with Gasteiger partial charge in [-0.1, -0.05) is 23.2 Å². The molecule has 1 aromatic heterocycles. The van der Waals surface area contributed by atoms with E-state index in [-0.39, 0.29) is 30.1 Å². The standard InChI is InChI=1S/C16H19Cl2N3O2/c1-9(2)21(10(3)4)14(22)7-20-8-19-15-12(16(20)23)5-11(17)6-13(15)18/h5-6,8-10H,7H2,1-4H3. The molecule has 7 heteroatoms. The highest BCUT2D eigenvalue weighted by atomic mass is 35.5. The molecule has 0 saturated heterocycles. The van der Waals surface area contributed by atoms with Gasteiger partial charge < -0.3 is 4.90 Å². The molecule has 0 N–H and O–H groups in total. The van der Waals surface area contributed by atoms with Crippen LogP contribution in [0.15, 0.2) is 23.3 Å². The Morgan fingerprint density at radius 3 is 2.39 bits per heavy atom. The van der Waals surface area contributed by atoms with Crippen LogP contribution in [0.2, 0.25) is 10.0 Å². The number of benzene rings is 1. The first-order valence-electron chi connectivity index (χ1n) is 7.37. The summed E-state index contributed by atoms with van der Waals surface area (Å²) in [5, 5.41) is 0.976. The molecule has 0 atom stereocenters. The van der Waals surface area contributed by atoms with Gasteiger partial charge in [-0.25, -0.2) is 4.98 Å². The molecule has 0 aliphatic heterocycles.